The standard InChI is InChI=1S/C23H26N4O/c1-18-5-4-6-20(13-18)23-25-14-19(15-26-23)16-27-11-8-22(9-12-27)28-17-21-7-2-3-10-24-21/h2-7,10,13-15,22H,8-9,11-12,16-17H2,1H3. The largest absolute Gasteiger partial charge is 0.372 e. The molecule has 3 heterocycles. The zero-order chi connectivity index (χ0) is 19.2. The summed E-state index contributed by atoms with van der Waals surface area (Å²) in [5.74, 6) is 0.786. The zero-order valence-corrected chi connectivity index (χ0v) is 16.3. The molecule has 0 radical (unpaired) electrons. The lowest BCUT2D eigenvalue weighted by Crippen LogP contribution is -2.36. The molecule has 1 aliphatic heterocycles. The Morgan fingerprint density at radius 2 is 1.82 bits per heavy atom. The van der Waals surface area contributed by atoms with E-state index in [2.05, 4.69) is 45.0 Å². The van der Waals surface area contributed by atoms with Gasteiger partial charge >= 0.3 is 0 Å². The third-order valence-electron chi connectivity index (χ3n) is 5.12. The van der Waals surface area contributed by atoms with Crippen LogP contribution in [-0.2, 0) is 17.9 Å². The average molecular weight is 374 g/mol. The number of pyridine rings is 1. The van der Waals surface area contributed by atoms with Gasteiger partial charge in [0.2, 0.25) is 0 Å². The summed E-state index contributed by atoms with van der Waals surface area (Å²) in [6.07, 6.45) is 8.14. The Labute approximate surface area is 166 Å². The number of hydrogen-bond donors (Lipinski definition) is 0. The highest BCUT2D eigenvalue weighted by atomic mass is 16.5. The maximum absolute atomic E-state index is 6.03. The highest BCUT2D eigenvalue weighted by molar-refractivity contribution is 5.55. The van der Waals surface area contributed by atoms with Gasteiger partial charge in [-0.15, -0.1) is 0 Å². The average Bonchev–Trinajstić information content (AvgIpc) is 2.75. The van der Waals surface area contributed by atoms with Gasteiger partial charge in [0.05, 0.1) is 18.4 Å². The van der Waals surface area contributed by atoms with Crippen LogP contribution < -0.4 is 0 Å². The van der Waals surface area contributed by atoms with Crippen LogP contribution in [0.25, 0.3) is 11.4 Å². The monoisotopic (exact) mass is 374 g/mol. The molecule has 1 fully saturated rings. The van der Waals surface area contributed by atoms with E-state index < -0.39 is 0 Å². The van der Waals surface area contributed by atoms with E-state index >= 15 is 0 Å². The normalized spacial score (nSPS) is 15.6. The van der Waals surface area contributed by atoms with Gasteiger partial charge < -0.3 is 4.74 Å². The number of piperidine rings is 1. The van der Waals surface area contributed by atoms with Crippen molar-refractivity contribution in [2.24, 2.45) is 0 Å². The molecule has 5 nitrogen and oxygen atoms in total. The van der Waals surface area contributed by atoms with Crippen LogP contribution in [0, 0.1) is 6.92 Å². The minimum absolute atomic E-state index is 0.318. The number of hydrogen-bond acceptors (Lipinski definition) is 5. The molecule has 4 rings (SSSR count). The second kappa shape index (κ2) is 9.04. The van der Waals surface area contributed by atoms with Crippen molar-refractivity contribution in [2.45, 2.75) is 39.0 Å². The molecule has 0 aliphatic carbocycles. The Kier molecular flexibility index (Phi) is 6.04. The molecule has 0 unspecified atom stereocenters. The summed E-state index contributed by atoms with van der Waals surface area (Å²) in [7, 11) is 0. The topological polar surface area (TPSA) is 51.1 Å². The Hall–Kier alpha value is -2.63. The summed E-state index contributed by atoms with van der Waals surface area (Å²) in [4.78, 5) is 15.9. The van der Waals surface area contributed by atoms with Crippen LogP contribution in [0.2, 0.25) is 0 Å². The number of ether oxygens (including phenoxy) is 1. The Morgan fingerprint density at radius 3 is 2.54 bits per heavy atom. The van der Waals surface area contributed by atoms with Crippen molar-refractivity contribution in [3.63, 3.8) is 0 Å². The smallest absolute Gasteiger partial charge is 0.159 e. The minimum atomic E-state index is 0.318. The molecule has 1 aromatic carbocycles. The van der Waals surface area contributed by atoms with Crippen LogP contribution >= 0.6 is 0 Å². The molecule has 144 valence electrons. The first-order valence-electron chi connectivity index (χ1n) is 9.88. The Balaban J connectivity index is 1.25. The van der Waals surface area contributed by atoms with Crippen LogP contribution in [0.4, 0.5) is 0 Å². The molecule has 0 bridgehead atoms. The number of aryl methyl sites for hydroxylation is 1. The van der Waals surface area contributed by atoms with E-state index in [0.29, 0.717) is 12.7 Å². The molecule has 2 aromatic heterocycles. The third kappa shape index (κ3) is 5.00. The minimum Gasteiger partial charge on any atom is -0.372 e. The highest BCUT2D eigenvalue weighted by Crippen LogP contribution is 2.19. The van der Waals surface area contributed by atoms with E-state index in [-0.39, 0.29) is 0 Å². The summed E-state index contributed by atoms with van der Waals surface area (Å²) >= 11 is 0. The molecule has 0 saturated carbocycles. The SMILES string of the molecule is Cc1cccc(-c2ncc(CN3CCC(OCc4ccccn4)CC3)cn2)c1. The predicted octanol–water partition coefficient (Wildman–Crippen LogP) is 4.03. The molecule has 0 N–H and O–H groups in total. The number of aromatic nitrogens is 3. The van der Waals surface area contributed by atoms with Gasteiger partial charge in [-0.2, -0.15) is 0 Å². The van der Waals surface area contributed by atoms with Crippen LogP contribution in [0.3, 0.4) is 0 Å². The molecular weight excluding hydrogens is 348 g/mol. The molecular formula is C23H26N4O. The van der Waals surface area contributed by atoms with Gasteiger partial charge in [-0.1, -0.05) is 29.8 Å². The number of rotatable bonds is 6. The third-order valence-corrected chi connectivity index (χ3v) is 5.12. The van der Waals surface area contributed by atoms with Crippen LogP contribution in [-0.4, -0.2) is 39.0 Å². The second-order valence-electron chi connectivity index (χ2n) is 7.39. The molecule has 0 amide bonds. The summed E-state index contributed by atoms with van der Waals surface area (Å²) in [5.41, 5.74) is 4.44. The molecule has 1 saturated heterocycles. The van der Waals surface area contributed by atoms with Crippen LogP contribution in [0.15, 0.2) is 61.1 Å². The second-order valence-corrected chi connectivity index (χ2v) is 7.39. The van der Waals surface area contributed by atoms with Gasteiger partial charge in [0.1, 0.15) is 0 Å². The van der Waals surface area contributed by atoms with Crippen molar-refractivity contribution in [1.82, 2.24) is 19.9 Å². The van der Waals surface area contributed by atoms with Crippen molar-refractivity contribution in [1.29, 1.82) is 0 Å². The van der Waals surface area contributed by atoms with E-state index in [1.54, 1.807) is 0 Å². The van der Waals surface area contributed by atoms with Gasteiger partial charge in [0.25, 0.3) is 0 Å². The van der Waals surface area contributed by atoms with E-state index in [1.165, 1.54) is 5.56 Å². The fraction of sp³-hybridized carbons (Fsp3) is 0.348. The van der Waals surface area contributed by atoms with Gasteiger partial charge in [0.15, 0.2) is 5.82 Å². The summed E-state index contributed by atoms with van der Waals surface area (Å²) in [6, 6.07) is 14.2. The van der Waals surface area contributed by atoms with Crippen LogP contribution in [0.5, 0.6) is 0 Å². The highest BCUT2D eigenvalue weighted by Gasteiger charge is 2.20. The Morgan fingerprint density at radius 1 is 1.00 bits per heavy atom. The van der Waals surface area contributed by atoms with E-state index in [9.17, 15) is 0 Å². The van der Waals surface area contributed by atoms with Gasteiger partial charge in [0, 0.05) is 49.4 Å². The van der Waals surface area contributed by atoms with Crippen molar-refractivity contribution in [3.05, 3.63) is 77.9 Å². The van der Waals surface area contributed by atoms with E-state index in [1.807, 2.05) is 42.9 Å². The summed E-state index contributed by atoms with van der Waals surface area (Å²) in [5, 5.41) is 0. The summed E-state index contributed by atoms with van der Waals surface area (Å²) < 4.78 is 6.03. The molecule has 0 atom stereocenters. The van der Waals surface area contributed by atoms with Gasteiger partial charge in [-0.25, -0.2) is 9.97 Å². The van der Waals surface area contributed by atoms with E-state index in [4.69, 9.17) is 4.74 Å². The molecule has 3 aromatic rings. The van der Waals surface area contributed by atoms with Crippen molar-refractivity contribution < 1.29 is 4.74 Å². The van der Waals surface area contributed by atoms with Crippen LogP contribution in [0.1, 0.15) is 29.7 Å². The molecule has 28 heavy (non-hydrogen) atoms. The zero-order valence-electron chi connectivity index (χ0n) is 16.3. The Bertz CT molecular complexity index is 875. The predicted molar refractivity (Wildman–Crippen MR) is 110 cm³/mol. The molecule has 1 aliphatic rings. The first-order valence-corrected chi connectivity index (χ1v) is 9.88. The number of benzene rings is 1. The lowest BCUT2D eigenvalue weighted by molar-refractivity contribution is -0.00525. The van der Waals surface area contributed by atoms with Gasteiger partial charge in [-0.05, 0) is 38.0 Å². The number of likely N-dealkylation sites (tertiary alicyclic amines) is 1. The first kappa shape index (κ1) is 18.7. The van der Waals surface area contributed by atoms with Crippen molar-refractivity contribution in [2.75, 3.05) is 13.1 Å². The lowest BCUT2D eigenvalue weighted by atomic mass is 10.1. The van der Waals surface area contributed by atoms with Crippen molar-refractivity contribution in [3.8, 4) is 11.4 Å². The quantitative estimate of drug-likeness (QED) is 0.652. The fourth-order valence-corrected chi connectivity index (χ4v) is 3.55. The maximum Gasteiger partial charge on any atom is 0.159 e. The maximum atomic E-state index is 6.03. The van der Waals surface area contributed by atoms with Crippen molar-refractivity contribution >= 4 is 0 Å². The molecule has 0 spiro atoms. The number of nitrogens with zero attached hydrogens (tertiary/aromatic N) is 4. The fourth-order valence-electron chi connectivity index (χ4n) is 3.55. The molecule has 5 heteroatoms. The van der Waals surface area contributed by atoms with Gasteiger partial charge in [-0.3, -0.25) is 9.88 Å². The summed E-state index contributed by atoms with van der Waals surface area (Å²) in [6.45, 7) is 5.64. The van der Waals surface area contributed by atoms with E-state index in [0.717, 1.165) is 55.1 Å². The first-order chi connectivity index (χ1) is 13.8. The lowest BCUT2D eigenvalue weighted by Gasteiger charge is -2.31.